The fourth-order valence-corrected chi connectivity index (χ4v) is 2.58. The molecule has 0 bridgehead atoms. The Balaban J connectivity index is 1.75. The number of amides is 2. The molecule has 0 radical (unpaired) electrons. The first-order valence-electron chi connectivity index (χ1n) is 8.53. The van der Waals surface area contributed by atoms with Crippen molar-refractivity contribution in [2.24, 2.45) is 0 Å². The van der Waals surface area contributed by atoms with Crippen LogP contribution in [0.2, 0.25) is 0 Å². The van der Waals surface area contributed by atoms with Crippen molar-refractivity contribution in [3.63, 3.8) is 0 Å². The Hall–Kier alpha value is -3.93. The summed E-state index contributed by atoms with van der Waals surface area (Å²) in [6.07, 6.45) is 0. The highest BCUT2D eigenvalue weighted by Gasteiger charge is 2.14. The molecule has 6 heteroatoms. The summed E-state index contributed by atoms with van der Waals surface area (Å²) in [5.74, 6) is -1.13. The number of para-hydroxylation sites is 1. The highest BCUT2D eigenvalue weighted by molar-refractivity contribution is 6.12. The zero-order chi connectivity index (χ0) is 19.9. The van der Waals surface area contributed by atoms with E-state index in [-0.39, 0.29) is 11.8 Å². The summed E-state index contributed by atoms with van der Waals surface area (Å²) < 4.78 is 4.65. The van der Waals surface area contributed by atoms with E-state index in [1.54, 1.807) is 72.8 Å². The van der Waals surface area contributed by atoms with Crippen LogP contribution < -0.4 is 10.6 Å². The Bertz CT molecular complexity index is 999. The van der Waals surface area contributed by atoms with E-state index in [0.717, 1.165) is 0 Å². The summed E-state index contributed by atoms with van der Waals surface area (Å²) in [6.45, 7) is 0. The van der Waals surface area contributed by atoms with E-state index in [4.69, 9.17) is 0 Å². The van der Waals surface area contributed by atoms with Crippen LogP contribution in [0.3, 0.4) is 0 Å². The number of hydrogen-bond acceptors (Lipinski definition) is 4. The van der Waals surface area contributed by atoms with Gasteiger partial charge in [0.1, 0.15) is 0 Å². The van der Waals surface area contributed by atoms with Gasteiger partial charge in [0.2, 0.25) is 0 Å². The fraction of sp³-hybridized carbons (Fsp3) is 0.0455. The molecule has 0 aliphatic carbocycles. The lowest BCUT2D eigenvalue weighted by molar-refractivity contribution is 0.0600. The third-order valence-corrected chi connectivity index (χ3v) is 4.02. The van der Waals surface area contributed by atoms with Gasteiger partial charge in [-0.2, -0.15) is 0 Å². The maximum Gasteiger partial charge on any atom is 0.337 e. The summed E-state index contributed by atoms with van der Waals surface area (Å²) in [6, 6.07) is 21.8. The Morgan fingerprint density at radius 1 is 0.679 bits per heavy atom. The lowest BCUT2D eigenvalue weighted by atomic mass is 10.1. The number of rotatable bonds is 5. The molecule has 0 aromatic heterocycles. The first-order chi connectivity index (χ1) is 13.6. The van der Waals surface area contributed by atoms with Gasteiger partial charge < -0.3 is 15.4 Å². The Morgan fingerprint density at radius 3 is 2.00 bits per heavy atom. The van der Waals surface area contributed by atoms with Crippen molar-refractivity contribution in [1.29, 1.82) is 0 Å². The first kappa shape index (κ1) is 18.8. The Labute approximate surface area is 162 Å². The van der Waals surface area contributed by atoms with Crippen LogP contribution in [0.4, 0.5) is 11.4 Å². The maximum atomic E-state index is 12.7. The minimum atomic E-state index is -0.452. The number of carbonyl (C=O) groups is 3. The van der Waals surface area contributed by atoms with Crippen LogP contribution in [0, 0.1) is 0 Å². The first-order valence-corrected chi connectivity index (χ1v) is 8.53. The van der Waals surface area contributed by atoms with E-state index < -0.39 is 5.97 Å². The minimum absolute atomic E-state index is 0.303. The van der Waals surface area contributed by atoms with Crippen molar-refractivity contribution < 1.29 is 19.1 Å². The van der Waals surface area contributed by atoms with E-state index in [2.05, 4.69) is 15.4 Å². The van der Waals surface area contributed by atoms with Crippen molar-refractivity contribution in [1.82, 2.24) is 0 Å². The zero-order valence-electron chi connectivity index (χ0n) is 15.1. The number of ether oxygens (including phenoxy) is 1. The lowest BCUT2D eigenvalue weighted by Gasteiger charge is -2.12. The quantitative estimate of drug-likeness (QED) is 0.662. The molecule has 3 aromatic rings. The molecule has 0 fully saturated rings. The van der Waals surface area contributed by atoms with E-state index >= 15 is 0 Å². The molecular formula is C22H18N2O4. The van der Waals surface area contributed by atoms with Crippen molar-refractivity contribution in [3.8, 4) is 0 Å². The molecule has 0 saturated heterocycles. The lowest BCUT2D eigenvalue weighted by Crippen LogP contribution is -2.18. The second-order valence-electron chi connectivity index (χ2n) is 5.89. The van der Waals surface area contributed by atoms with Crippen LogP contribution >= 0.6 is 0 Å². The molecule has 140 valence electrons. The maximum absolute atomic E-state index is 12.7. The second kappa shape index (κ2) is 8.64. The van der Waals surface area contributed by atoms with Crippen LogP contribution in [0.15, 0.2) is 78.9 Å². The molecule has 0 spiro atoms. The highest BCUT2D eigenvalue weighted by atomic mass is 16.5. The molecule has 2 N–H and O–H groups in total. The Morgan fingerprint density at radius 2 is 1.32 bits per heavy atom. The third-order valence-electron chi connectivity index (χ3n) is 4.02. The third kappa shape index (κ3) is 4.42. The Kier molecular flexibility index (Phi) is 5.81. The fourth-order valence-electron chi connectivity index (χ4n) is 2.58. The predicted octanol–water partition coefficient (Wildman–Crippen LogP) is 3.98. The van der Waals surface area contributed by atoms with Gasteiger partial charge in [-0.05, 0) is 48.5 Å². The molecule has 0 atom stereocenters. The van der Waals surface area contributed by atoms with Gasteiger partial charge in [-0.1, -0.05) is 30.3 Å². The number of benzene rings is 3. The topological polar surface area (TPSA) is 84.5 Å². The summed E-state index contributed by atoms with van der Waals surface area (Å²) in [7, 11) is 1.30. The summed E-state index contributed by atoms with van der Waals surface area (Å²) in [4.78, 5) is 36.5. The predicted molar refractivity (Wildman–Crippen MR) is 107 cm³/mol. The second-order valence-corrected chi connectivity index (χ2v) is 5.89. The molecule has 6 nitrogen and oxygen atoms in total. The van der Waals surface area contributed by atoms with Crippen LogP contribution in [0.1, 0.15) is 31.1 Å². The highest BCUT2D eigenvalue weighted by Crippen LogP contribution is 2.19. The molecule has 0 saturated carbocycles. The average Bonchev–Trinajstić information content (AvgIpc) is 2.74. The van der Waals surface area contributed by atoms with E-state index in [0.29, 0.717) is 28.1 Å². The van der Waals surface area contributed by atoms with Crippen LogP contribution in [-0.2, 0) is 4.74 Å². The molecule has 0 aliphatic rings. The molecule has 0 unspecified atom stereocenters. The van der Waals surface area contributed by atoms with Gasteiger partial charge in [-0.25, -0.2) is 4.79 Å². The van der Waals surface area contributed by atoms with E-state index in [1.165, 1.54) is 7.11 Å². The zero-order valence-corrected chi connectivity index (χ0v) is 15.1. The number of hydrogen-bond donors (Lipinski definition) is 2. The molecule has 0 heterocycles. The summed E-state index contributed by atoms with van der Waals surface area (Å²) in [5.41, 5.74) is 2.12. The normalized spacial score (nSPS) is 10.0. The van der Waals surface area contributed by atoms with Crippen molar-refractivity contribution in [2.45, 2.75) is 0 Å². The molecule has 2 amide bonds. The molecule has 3 aromatic carbocycles. The van der Waals surface area contributed by atoms with Gasteiger partial charge in [0, 0.05) is 11.3 Å². The number of anilines is 2. The van der Waals surface area contributed by atoms with Gasteiger partial charge in [0.15, 0.2) is 0 Å². The van der Waals surface area contributed by atoms with Crippen molar-refractivity contribution >= 4 is 29.2 Å². The van der Waals surface area contributed by atoms with Gasteiger partial charge in [-0.3, -0.25) is 9.59 Å². The van der Waals surface area contributed by atoms with E-state index in [9.17, 15) is 14.4 Å². The largest absolute Gasteiger partial charge is 0.465 e. The molecule has 0 aliphatic heterocycles. The molecule has 28 heavy (non-hydrogen) atoms. The van der Waals surface area contributed by atoms with Gasteiger partial charge in [0.25, 0.3) is 11.8 Å². The van der Waals surface area contributed by atoms with Crippen LogP contribution in [-0.4, -0.2) is 24.9 Å². The van der Waals surface area contributed by atoms with Crippen LogP contribution in [0.25, 0.3) is 0 Å². The summed E-state index contributed by atoms with van der Waals surface area (Å²) >= 11 is 0. The molecular weight excluding hydrogens is 356 g/mol. The van der Waals surface area contributed by atoms with Gasteiger partial charge in [0.05, 0.1) is 23.9 Å². The smallest absolute Gasteiger partial charge is 0.337 e. The monoisotopic (exact) mass is 374 g/mol. The standard InChI is InChI=1S/C22H18N2O4/c1-28-22(27)16-11-13-17(14-12-16)23-21(26)18-9-5-6-10-19(18)24-20(25)15-7-3-2-4-8-15/h2-14H,1H3,(H,23,26)(H,24,25). The van der Waals surface area contributed by atoms with Gasteiger partial charge in [-0.15, -0.1) is 0 Å². The number of esters is 1. The summed E-state index contributed by atoms with van der Waals surface area (Å²) in [5, 5.41) is 5.52. The van der Waals surface area contributed by atoms with E-state index in [1.807, 2.05) is 6.07 Å². The number of methoxy groups -OCH3 is 1. The SMILES string of the molecule is COC(=O)c1ccc(NC(=O)c2ccccc2NC(=O)c2ccccc2)cc1. The van der Waals surface area contributed by atoms with Gasteiger partial charge >= 0.3 is 5.97 Å². The minimum Gasteiger partial charge on any atom is -0.465 e. The number of nitrogens with one attached hydrogen (secondary N) is 2. The number of carbonyl (C=O) groups excluding carboxylic acids is 3. The van der Waals surface area contributed by atoms with Crippen molar-refractivity contribution in [3.05, 3.63) is 95.6 Å². The average molecular weight is 374 g/mol. The van der Waals surface area contributed by atoms with Crippen molar-refractivity contribution in [2.75, 3.05) is 17.7 Å². The molecule has 3 rings (SSSR count). The van der Waals surface area contributed by atoms with Crippen LogP contribution in [0.5, 0.6) is 0 Å².